The Bertz CT molecular complexity index is 1910. The maximum atomic E-state index is 16.5. The average Bonchev–Trinajstić information content (AvgIpc) is 3.66. The number of nitrogens with zero attached hydrogens (tertiary/aromatic N) is 2. The van der Waals surface area contributed by atoms with Crippen LogP contribution in [0.5, 0.6) is 0 Å². The molecule has 5 nitrogen and oxygen atoms in total. The van der Waals surface area contributed by atoms with Gasteiger partial charge in [-0.1, -0.05) is 103 Å². The van der Waals surface area contributed by atoms with Gasteiger partial charge in [0.25, 0.3) is 0 Å². The number of esters is 1. The molecule has 206 valence electrons. The highest BCUT2D eigenvalue weighted by atomic mass is 19.1. The Morgan fingerprint density at radius 3 is 2.26 bits per heavy atom. The summed E-state index contributed by atoms with van der Waals surface area (Å²) in [5, 5.41) is 6.29. The molecule has 6 aromatic rings. The number of methoxy groups -OCH3 is 1. The minimum Gasteiger partial charge on any atom is -0.465 e. The number of aromatic nitrogens is 2. The van der Waals surface area contributed by atoms with Crippen molar-refractivity contribution in [1.29, 1.82) is 0 Å². The minimum absolute atomic E-state index is 0.0673. The van der Waals surface area contributed by atoms with E-state index in [1.807, 2.05) is 77.5 Å². The van der Waals surface area contributed by atoms with Gasteiger partial charge in [0.2, 0.25) is 0 Å². The fraction of sp³-hybridized carbons (Fsp3) is 0.111. The molecule has 0 N–H and O–H groups in total. The van der Waals surface area contributed by atoms with Crippen LogP contribution in [0.1, 0.15) is 27.9 Å². The summed E-state index contributed by atoms with van der Waals surface area (Å²) in [6.45, 7) is 0. The summed E-state index contributed by atoms with van der Waals surface area (Å²) in [6, 6.07) is 33.1. The number of hydrogen-bond acceptors (Lipinski definition) is 4. The molecule has 0 spiro atoms. The number of furan rings is 1. The first-order valence-electron chi connectivity index (χ1n) is 13.9. The van der Waals surface area contributed by atoms with Crippen LogP contribution in [0.3, 0.4) is 0 Å². The summed E-state index contributed by atoms with van der Waals surface area (Å²) >= 11 is 0. The topological polar surface area (TPSA) is 57.3 Å². The third kappa shape index (κ3) is 3.90. The van der Waals surface area contributed by atoms with Gasteiger partial charge < -0.3 is 9.15 Å². The third-order valence-corrected chi connectivity index (χ3v) is 8.13. The average molecular weight is 555 g/mol. The molecule has 0 saturated heterocycles. The summed E-state index contributed by atoms with van der Waals surface area (Å²) < 4.78 is 29.6. The molecular formula is C36H27FN2O3. The van der Waals surface area contributed by atoms with Gasteiger partial charge in [-0.3, -0.25) is 0 Å². The fourth-order valence-electron chi connectivity index (χ4n) is 6.25. The molecule has 2 heterocycles. The van der Waals surface area contributed by atoms with Crippen LogP contribution in [0, 0.1) is 11.7 Å². The quantitative estimate of drug-likeness (QED) is 0.194. The van der Waals surface area contributed by atoms with Crippen molar-refractivity contribution in [3.05, 3.63) is 150 Å². The van der Waals surface area contributed by atoms with Crippen LogP contribution in [0.25, 0.3) is 33.3 Å². The molecule has 0 bridgehead atoms. The maximum absolute atomic E-state index is 16.5. The lowest BCUT2D eigenvalue weighted by atomic mass is 9.70. The first-order chi connectivity index (χ1) is 20.6. The lowest BCUT2D eigenvalue weighted by Gasteiger charge is -2.42. The lowest BCUT2D eigenvalue weighted by molar-refractivity contribution is 0.0596. The molecule has 0 amide bonds. The summed E-state index contributed by atoms with van der Waals surface area (Å²) in [5.41, 5.74) is 2.48. The molecule has 1 atom stereocenters. The zero-order valence-electron chi connectivity index (χ0n) is 22.9. The summed E-state index contributed by atoms with van der Waals surface area (Å²) in [6.07, 6.45) is 9.17. The molecule has 42 heavy (non-hydrogen) atoms. The van der Waals surface area contributed by atoms with Crippen LogP contribution in [0.15, 0.2) is 132 Å². The van der Waals surface area contributed by atoms with Gasteiger partial charge in [0.05, 0.1) is 23.6 Å². The van der Waals surface area contributed by atoms with Crippen molar-refractivity contribution in [3.63, 3.8) is 0 Å². The van der Waals surface area contributed by atoms with Gasteiger partial charge in [-0.15, -0.1) is 0 Å². The van der Waals surface area contributed by atoms with Crippen molar-refractivity contribution < 1.29 is 18.3 Å². The molecule has 0 saturated carbocycles. The first-order valence-corrected chi connectivity index (χ1v) is 13.9. The van der Waals surface area contributed by atoms with E-state index in [9.17, 15) is 4.79 Å². The number of carbonyl (C=O) groups excluding carboxylic acids is 1. The van der Waals surface area contributed by atoms with E-state index in [1.54, 1.807) is 6.07 Å². The molecule has 1 unspecified atom stereocenters. The Hall–Kier alpha value is -5.23. The molecule has 2 aromatic heterocycles. The molecule has 4 aromatic carbocycles. The Labute approximate surface area is 242 Å². The monoisotopic (exact) mass is 554 g/mol. The smallest absolute Gasteiger partial charge is 0.340 e. The van der Waals surface area contributed by atoms with E-state index in [1.165, 1.54) is 13.2 Å². The molecule has 7 rings (SSSR count). The number of ether oxygens (including phenoxy) is 1. The van der Waals surface area contributed by atoms with Gasteiger partial charge in [0, 0.05) is 11.3 Å². The summed E-state index contributed by atoms with van der Waals surface area (Å²) in [4.78, 5) is 12.6. The number of benzene rings is 4. The van der Waals surface area contributed by atoms with Crippen LogP contribution in [0.4, 0.5) is 4.39 Å². The third-order valence-electron chi connectivity index (χ3n) is 8.13. The second kappa shape index (κ2) is 10.3. The standard InChI is InChI=1S/C36H27FN2O3/c1-41-35(40)28-21-22-29-32(33(28)37)34(31-23-24-13-11-12-20-30(24)42-31)38-39(29)36(25-14-5-2-6-15-25,26-16-7-3-8-17-26)27-18-9-4-10-19-27/h2-18,20-23,27H,19H2,1H3. The maximum Gasteiger partial charge on any atom is 0.340 e. The zero-order chi connectivity index (χ0) is 28.7. The largest absolute Gasteiger partial charge is 0.465 e. The van der Waals surface area contributed by atoms with Crippen molar-refractivity contribution in [3.8, 4) is 11.5 Å². The van der Waals surface area contributed by atoms with Crippen molar-refractivity contribution in [2.24, 2.45) is 5.92 Å². The van der Waals surface area contributed by atoms with Crippen molar-refractivity contribution >= 4 is 27.8 Å². The Balaban J connectivity index is 1.63. The highest BCUT2D eigenvalue weighted by Crippen LogP contribution is 2.47. The second-order valence-corrected chi connectivity index (χ2v) is 10.4. The number of hydrogen-bond donors (Lipinski definition) is 0. The lowest BCUT2D eigenvalue weighted by Crippen LogP contribution is -2.44. The van der Waals surface area contributed by atoms with Crippen LogP contribution in [-0.2, 0) is 10.3 Å². The van der Waals surface area contributed by atoms with Crippen LogP contribution >= 0.6 is 0 Å². The molecule has 6 heteroatoms. The predicted octanol–water partition coefficient (Wildman–Crippen LogP) is 8.30. The Morgan fingerprint density at radius 1 is 0.929 bits per heavy atom. The number of allylic oxidation sites excluding steroid dienone is 4. The van der Waals surface area contributed by atoms with Crippen LogP contribution in [-0.4, -0.2) is 22.9 Å². The number of fused-ring (bicyclic) bond motifs is 2. The van der Waals surface area contributed by atoms with E-state index < -0.39 is 17.3 Å². The van der Waals surface area contributed by atoms with E-state index in [0.717, 1.165) is 22.9 Å². The van der Waals surface area contributed by atoms with Crippen molar-refractivity contribution in [2.45, 2.75) is 12.0 Å². The van der Waals surface area contributed by atoms with Gasteiger partial charge >= 0.3 is 5.97 Å². The van der Waals surface area contributed by atoms with E-state index in [2.05, 4.69) is 42.5 Å². The fourth-order valence-corrected chi connectivity index (χ4v) is 6.25. The molecule has 1 aliphatic rings. The second-order valence-electron chi connectivity index (χ2n) is 10.4. The number of halogens is 1. The highest BCUT2D eigenvalue weighted by molar-refractivity contribution is 6.01. The SMILES string of the molecule is COC(=O)c1ccc2c(c(-c3cc4ccccc4o3)nn2C(c2ccccc2)(c2ccccc2)C2C=CC=CC2)c1F. The van der Waals surface area contributed by atoms with Gasteiger partial charge in [0.1, 0.15) is 22.6 Å². The Morgan fingerprint density at radius 2 is 1.62 bits per heavy atom. The van der Waals surface area contributed by atoms with Crippen molar-refractivity contribution in [1.82, 2.24) is 9.78 Å². The molecule has 0 fully saturated rings. The summed E-state index contributed by atoms with van der Waals surface area (Å²) in [5.74, 6) is -1.11. The molecular weight excluding hydrogens is 527 g/mol. The van der Waals surface area contributed by atoms with Gasteiger partial charge in [-0.2, -0.15) is 5.10 Å². The van der Waals surface area contributed by atoms with Gasteiger partial charge in [0.15, 0.2) is 5.76 Å². The Kier molecular flexibility index (Phi) is 6.31. The van der Waals surface area contributed by atoms with Gasteiger partial charge in [-0.25, -0.2) is 13.9 Å². The first kappa shape index (κ1) is 25.7. The number of para-hydroxylation sites is 1. The van der Waals surface area contributed by atoms with Crippen LogP contribution < -0.4 is 0 Å². The highest BCUT2D eigenvalue weighted by Gasteiger charge is 2.45. The van der Waals surface area contributed by atoms with Crippen molar-refractivity contribution in [2.75, 3.05) is 7.11 Å². The molecule has 0 radical (unpaired) electrons. The predicted molar refractivity (Wildman–Crippen MR) is 162 cm³/mol. The summed E-state index contributed by atoms with van der Waals surface area (Å²) in [7, 11) is 1.24. The molecule has 1 aliphatic carbocycles. The minimum atomic E-state index is -0.870. The molecule has 0 aliphatic heterocycles. The van der Waals surface area contributed by atoms with E-state index >= 15 is 4.39 Å². The number of rotatable bonds is 6. The van der Waals surface area contributed by atoms with E-state index in [4.69, 9.17) is 14.3 Å². The van der Waals surface area contributed by atoms with E-state index in [-0.39, 0.29) is 16.9 Å². The number of carbonyl (C=O) groups is 1. The zero-order valence-corrected chi connectivity index (χ0v) is 22.9. The van der Waals surface area contributed by atoms with Crippen LogP contribution in [0.2, 0.25) is 0 Å². The van der Waals surface area contributed by atoms with E-state index in [0.29, 0.717) is 22.6 Å². The van der Waals surface area contributed by atoms with Gasteiger partial charge in [-0.05, 0) is 41.8 Å². The normalized spacial score (nSPS) is 15.0.